The summed E-state index contributed by atoms with van der Waals surface area (Å²) in [7, 11) is 0. The van der Waals surface area contributed by atoms with Crippen molar-refractivity contribution >= 4 is 12.0 Å². The summed E-state index contributed by atoms with van der Waals surface area (Å²) in [5.41, 5.74) is 3.35. The lowest BCUT2D eigenvalue weighted by molar-refractivity contribution is -0.139. The number of benzene rings is 1. The Bertz CT molecular complexity index is 701. The Balaban J connectivity index is 1.30. The van der Waals surface area contributed by atoms with E-state index in [-0.39, 0.29) is 11.8 Å². The van der Waals surface area contributed by atoms with Gasteiger partial charge < -0.3 is 15.0 Å². The van der Waals surface area contributed by atoms with Crippen molar-refractivity contribution in [2.45, 2.75) is 51.4 Å². The van der Waals surface area contributed by atoms with Gasteiger partial charge in [-0.15, -0.1) is 0 Å². The number of carbonyl (C=O) groups is 2. The zero-order chi connectivity index (χ0) is 18.9. The van der Waals surface area contributed by atoms with E-state index in [2.05, 4.69) is 36.5 Å². The van der Waals surface area contributed by atoms with Crippen LogP contribution in [-0.4, -0.2) is 43.1 Å². The molecule has 4 rings (SSSR count). The normalized spacial score (nSPS) is 25.7. The monoisotopic (exact) mass is 370 g/mol. The summed E-state index contributed by atoms with van der Waals surface area (Å²) in [5.74, 6) is 0.795. The minimum Gasteiger partial charge on any atom is -0.450 e. The van der Waals surface area contributed by atoms with Crippen LogP contribution in [0.3, 0.4) is 0 Å². The Morgan fingerprint density at radius 2 is 1.96 bits per heavy atom. The summed E-state index contributed by atoms with van der Waals surface area (Å²) in [4.78, 5) is 26.4. The number of rotatable bonds is 2. The molecule has 2 saturated heterocycles. The maximum absolute atomic E-state index is 12.9. The Morgan fingerprint density at radius 1 is 1.22 bits per heavy atom. The van der Waals surface area contributed by atoms with E-state index in [1.165, 1.54) is 24.0 Å². The molecule has 0 radical (unpaired) electrons. The number of nitrogens with one attached hydrogen (secondary N) is 1. The van der Waals surface area contributed by atoms with Crippen molar-refractivity contribution in [1.29, 1.82) is 0 Å². The predicted octanol–water partition coefficient (Wildman–Crippen LogP) is 3.62. The second kappa shape index (κ2) is 7.53. The molecule has 1 spiro atoms. The maximum atomic E-state index is 12.9. The van der Waals surface area contributed by atoms with Crippen LogP contribution in [0, 0.1) is 18.3 Å². The van der Waals surface area contributed by atoms with Gasteiger partial charge in [0.1, 0.15) is 0 Å². The van der Waals surface area contributed by atoms with Crippen LogP contribution in [0.25, 0.3) is 0 Å². The van der Waals surface area contributed by atoms with E-state index < -0.39 is 6.09 Å². The predicted molar refractivity (Wildman–Crippen MR) is 103 cm³/mol. The van der Waals surface area contributed by atoms with Crippen LogP contribution >= 0.6 is 0 Å². The van der Waals surface area contributed by atoms with Crippen molar-refractivity contribution in [2.75, 3.05) is 26.2 Å². The number of amides is 2. The van der Waals surface area contributed by atoms with E-state index in [0.717, 1.165) is 38.8 Å². The number of hydrogen-bond acceptors (Lipinski definition) is 3. The largest absolute Gasteiger partial charge is 0.450 e. The molecule has 5 nitrogen and oxygen atoms in total. The van der Waals surface area contributed by atoms with Crippen molar-refractivity contribution in [3.05, 3.63) is 35.4 Å². The standard InChI is InChI=1S/C22H30N2O3/c1-16-5-2-3-7-19(16)18-13-22(14-18)8-10-24(11-9-22)20(25)17-6-4-12-27-21(26)23-15-17/h2-3,5,7,17-18H,4,6,8-15H2,1H3,(H,23,26)/t17-/m1/s1. The van der Waals surface area contributed by atoms with Gasteiger partial charge in [0.2, 0.25) is 5.91 Å². The molecule has 2 aliphatic heterocycles. The van der Waals surface area contributed by atoms with E-state index in [0.29, 0.717) is 24.5 Å². The van der Waals surface area contributed by atoms with Gasteiger partial charge in [-0.2, -0.15) is 0 Å². The van der Waals surface area contributed by atoms with E-state index in [1.54, 1.807) is 0 Å². The number of alkyl carbamates (subject to hydrolysis) is 1. The molecule has 1 aromatic rings. The average Bonchev–Trinajstić information content (AvgIpc) is 2.63. The molecule has 0 aromatic heterocycles. The third-order valence-electron chi connectivity index (χ3n) is 6.90. The second-order valence-electron chi connectivity index (χ2n) is 8.64. The Labute approximate surface area is 161 Å². The molecule has 3 aliphatic rings. The van der Waals surface area contributed by atoms with Crippen LogP contribution < -0.4 is 5.32 Å². The molecule has 2 amide bonds. The number of likely N-dealkylation sites (tertiary alicyclic amines) is 1. The van der Waals surface area contributed by atoms with E-state index >= 15 is 0 Å². The van der Waals surface area contributed by atoms with Crippen molar-refractivity contribution in [1.82, 2.24) is 10.2 Å². The summed E-state index contributed by atoms with van der Waals surface area (Å²) in [6, 6.07) is 8.74. The topological polar surface area (TPSA) is 58.6 Å². The van der Waals surface area contributed by atoms with Gasteiger partial charge in [0, 0.05) is 19.6 Å². The fourth-order valence-electron chi connectivity index (χ4n) is 5.18. The van der Waals surface area contributed by atoms with Gasteiger partial charge in [0.25, 0.3) is 0 Å². The fourth-order valence-corrected chi connectivity index (χ4v) is 5.18. The highest BCUT2D eigenvalue weighted by Gasteiger charge is 2.47. The Hall–Kier alpha value is -2.04. The van der Waals surface area contributed by atoms with E-state index in [1.807, 2.05) is 4.90 Å². The fraction of sp³-hybridized carbons (Fsp3) is 0.636. The summed E-state index contributed by atoms with van der Waals surface area (Å²) < 4.78 is 4.99. The lowest BCUT2D eigenvalue weighted by Gasteiger charge is -2.53. The highest BCUT2D eigenvalue weighted by molar-refractivity contribution is 5.80. The van der Waals surface area contributed by atoms with E-state index in [9.17, 15) is 9.59 Å². The third kappa shape index (κ3) is 3.83. The van der Waals surface area contributed by atoms with Gasteiger partial charge in [-0.1, -0.05) is 24.3 Å². The van der Waals surface area contributed by atoms with Gasteiger partial charge >= 0.3 is 6.09 Å². The first-order chi connectivity index (χ1) is 13.1. The number of piperidine rings is 1. The number of carbonyl (C=O) groups excluding carboxylic acids is 2. The average molecular weight is 370 g/mol. The molecule has 1 aromatic carbocycles. The summed E-state index contributed by atoms with van der Waals surface area (Å²) in [6.45, 7) is 4.73. The first kappa shape index (κ1) is 18.3. The van der Waals surface area contributed by atoms with Crippen LogP contribution in [0.1, 0.15) is 55.6 Å². The molecule has 27 heavy (non-hydrogen) atoms. The molecule has 1 aliphatic carbocycles. The minimum atomic E-state index is -0.401. The quantitative estimate of drug-likeness (QED) is 0.865. The molecule has 146 valence electrons. The van der Waals surface area contributed by atoms with Crippen LogP contribution in [0.4, 0.5) is 4.79 Å². The number of aryl methyl sites for hydroxylation is 1. The van der Waals surface area contributed by atoms with Crippen LogP contribution in [0.5, 0.6) is 0 Å². The third-order valence-corrected chi connectivity index (χ3v) is 6.90. The number of cyclic esters (lactones) is 1. The van der Waals surface area contributed by atoms with E-state index in [4.69, 9.17) is 4.74 Å². The Kier molecular flexibility index (Phi) is 5.11. The van der Waals surface area contributed by atoms with Crippen LogP contribution in [0.15, 0.2) is 24.3 Å². The molecule has 5 heteroatoms. The van der Waals surface area contributed by atoms with Crippen molar-refractivity contribution in [2.24, 2.45) is 11.3 Å². The molecule has 0 bridgehead atoms. The second-order valence-corrected chi connectivity index (χ2v) is 8.64. The van der Waals surface area contributed by atoms with Gasteiger partial charge in [0.15, 0.2) is 0 Å². The molecular formula is C22H30N2O3. The molecule has 1 atom stereocenters. The summed E-state index contributed by atoms with van der Waals surface area (Å²) in [5, 5.41) is 2.71. The van der Waals surface area contributed by atoms with Crippen molar-refractivity contribution < 1.29 is 14.3 Å². The van der Waals surface area contributed by atoms with Gasteiger partial charge in [-0.3, -0.25) is 4.79 Å². The highest BCUT2D eigenvalue weighted by Crippen LogP contribution is 2.57. The zero-order valence-corrected chi connectivity index (χ0v) is 16.2. The highest BCUT2D eigenvalue weighted by atomic mass is 16.5. The molecule has 2 heterocycles. The first-order valence-electron chi connectivity index (χ1n) is 10.3. The van der Waals surface area contributed by atoms with Gasteiger partial charge in [-0.05, 0) is 67.9 Å². The number of hydrogen-bond donors (Lipinski definition) is 1. The van der Waals surface area contributed by atoms with Crippen LogP contribution in [-0.2, 0) is 9.53 Å². The lowest BCUT2D eigenvalue weighted by Crippen LogP contribution is -2.51. The summed E-state index contributed by atoms with van der Waals surface area (Å²) >= 11 is 0. The maximum Gasteiger partial charge on any atom is 0.407 e. The summed E-state index contributed by atoms with van der Waals surface area (Å²) in [6.07, 6.45) is 5.90. The molecule has 1 N–H and O–H groups in total. The molecule has 3 fully saturated rings. The smallest absolute Gasteiger partial charge is 0.407 e. The zero-order valence-electron chi connectivity index (χ0n) is 16.2. The number of ether oxygens (including phenoxy) is 1. The molecular weight excluding hydrogens is 340 g/mol. The van der Waals surface area contributed by atoms with Crippen molar-refractivity contribution in [3.63, 3.8) is 0 Å². The van der Waals surface area contributed by atoms with Gasteiger partial charge in [-0.25, -0.2) is 4.79 Å². The Morgan fingerprint density at radius 3 is 2.70 bits per heavy atom. The minimum absolute atomic E-state index is 0.104. The van der Waals surface area contributed by atoms with Crippen LogP contribution in [0.2, 0.25) is 0 Å². The molecule has 1 saturated carbocycles. The first-order valence-corrected chi connectivity index (χ1v) is 10.3. The van der Waals surface area contributed by atoms with Crippen molar-refractivity contribution in [3.8, 4) is 0 Å². The van der Waals surface area contributed by atoms with Gasteiger partial charge in [0.05, 0.1) is 12.5 Å². The number of nitrogens with zero attached hydrogens (tertiary/aromatic N) is 1. The lowest BCUT2D eigenvalue weighted by atomic mass is 9.55. The molecule has 0 unspecified atom stereocenters. The SMILES string of the molecule is Cc1ccccc1C1CC2(CCN(C(=O)[C@@H]3CCCOC(=O)NC3)CC2)C1.